The predicted octanol–water partition coefficient (Wildman–Crippen LogP) is 4.13. The van der Waals surface area contributed by atoms with Crippen LogP contribution in [0.25, 0.3) is 11.3 Å². The lowest BCUT2D eigenvalue weighted by Gasteiger charge is -2.09. The summed E-state index contributed by atoms with van der Waals surface area (Å²) in [5, 5.41) is 6.96. The van der Waals surface area contributed by atoms with Gasteiger partial charge in [0.05, 0.1) is 17.8 Å². The Balaban J connectivity index is 1.60. The summed E-state index contributed by atoms with van der Waals surface area (Å²) in [4.78, 5) is 24.1. The largest absolute Gasteiger partial charge is 0.497 e. The lowest BCUT2D eigenvalue weighted by Crippen LogP contribution is -2.23. The molecular formula is C21H19ClFN3O3. The van der Waals surface area contributed by atoms with Crippen molar-refractivity contribution >= 4 is 23.2 Å². The Hall–Kier alpha value is -3.19. The molecule has 0 saturated heterocycles. The number of aryl methyl sites for hydroxylation is 1. The fraction of sp³-hybridized carbons (Fsp3) is 0.190. The average Bonchev–Trinajstić information content (AvgIpc) is 2.72. The summed E-state index contributed by atoms with van der Waals surface area (Å²) >= 11 is 5.70. The van der Waals surface area contributed by atoms with Gasteiger partial charge >= 0.3 is 0 Å². The highest BCUT2D eigenvalue weighted by molar-refractivity contribution is 6.31. The van der Waals surface area contributed by atoms with Crippen molar-refractivity contribution in [3.63, 3.8) is 0 Å². The Morgan fingerprint density at radius 1 is 1.17 bits per heavy atom. The van der Waals surface area contributed by atoms with E-state index >= 15 is 0 Å². The van der Waals surface area contributed by atoms with E-state index in [2.05, 4.69) is 10.4 Å². The number of carbonyl (C=O) groups excluding carboxylic acids is 1. The van der Waals surface area contributed by atoms with E-state index in [1.807, 2.05) is 24.3 Å². The summed E-state index contributed by atoms with van der Waals surface area (Å²) in [6.07, 6.45) is 0.593. The standard InChI is InChI=1S/C21H19ClFN3O3/c1-29-16-7-4-14(5-8-16)19-10-11-21(28)26(25-19)12-2-3-20(27)24-15-6-9-18(23)17(22)13-15/h4-11,13H,2-3,12H2,1H3,(H,24,27). The molecule has 0 fully saturated rings. The first-order chi connectivity index (χ1) is 14.0. The van der Waals surface area contributed by atoms with E-state index in [9.17, 15) is 14.0 Å². The highest BCUT2D eigenvalue weighted by atomic mass is 35.5. The summed E-state index contributed by atoms with van der Waals surface area (Å²) in [7, 11) is 1.59. The number of aromatic nitrogens is 2. The van der Waals surface area contributed by atoms with Crippen LogP contribution in [-0.2, 0) is 11.3 Å². The normalized spacial score (nSPS) is 10.6. The van der Waals surface area contributed by atoms with Crippen LogP contribution >= 0.6 is 11.6 Å². The molecule has 3 rings (SSSR count). The van der Waals surface area contributed by atoms with E-state index in [1.165, 1.54) is 28.9 Å². The van der Waals surface area contributed by atoms with E-state index in [4.69, 9.17) is 16.3 Å². The minimum absolute atomic E-state index is 0.0612. The molecule has 0 aliphatic carbocycles. The third-order valence-electron chi connectivity index (χ3n) is 4.23. The van der Waals surface area contributed by atoms with Crippen molar-refractivity contribution in [3.8, 4) is 17.0 Å². The highest BCUT2D eigenvalue weighted by Crippen LogP contribution is 2.20. The Kier molecular flexibility index (Phi) is 6.61. The maximum absolute atomic E-state index is 13.2. The van der Waals surface area contributed by atoms with Gasteiger partial charge in [0.2, 0.25) is 5.91 Å². The molecule has 1 N–H and O–H groups in total. The van der Waals surface area contributed by atoms with Crippen LogP contribution in [0.1, 0.15) is 12.8 Å². The third kappa shape index (κ3) is 5.42. The van der Waals surface area contributed by atoms with Crippen LogP contribution in [0, 0.1) is 5.82 Å². The number of amides is 1. The van der Waals surface area contributed by atoms with Crippen LogP contribution in [0.3, 0.4) is 0 Å². The zero-order valence-corrected chi connectivity index (χ0v) is 16.4. The van der Waals surface area contributed by atoms with Crippen LogP contribution in [0.5, 0.6) is 5.75 Å². The number of rotatable bonds is 7. The average molecular weight is 416 g/mol. The van der Waals surface area contributed by atoms with Gasteiger partial charge in [-0.3, -0.25) is 9.59 Å². The summed E-state index contributed by atoms with van der Waals surface area (Å²) in [5.41, 5.74) is 1.68. The Morgan fingerprint density at radius 3 is 2.62 bits per heavy atom. The first-order valence-corrected chi connectivity index (χ1v) is 9.31. The van der Waals surface area contributed by atoms with Crippen molar-refractivity contribution < 1.29 is 13.9 Å². The molecule has 1 heterocycles. The van der Waals surface area contributed by atoms with Gasteiger partial charge in [0.15, 0.2) is 0 Å². The maximum Gasteiger partial charge on any atom is 0.266 e. The number of nitrogens with one attached hydrogen (secondary N) is 1. The molecule has 0 spiro atoms. The van der Waals surface area contributed by atoms with Crippen molar-refractivity contribution in [3.05, 3.63) is 75.8 Å². The van der Waals surface area contributed by atoms with Crippen LogP contribution in [0.4, 0.5) is 10.1 Å². The van der Waals surface area contributed by atoms with Crippen molar-refractivity contribution in [1.29, 1.82) is 0 Å². The monoisotopic (exact) mass is 415 g/mol. The molecule has 0 aliphatic rings. The fourth-order valence-electron chi connectivity index (χ4n) is 2.71. The summed E-state index contributed by atoms with van der Waals surface area (Å²) < 4.78 is 19.6. The quantitative estimate of drug-likeness (QED) is 0.629. The molecule has 3 aromatic rings. The Bertz CT molecular complexity index is 1070. The molecule has 8 heteroatoms. The highest BCUT2D eigenvalue weighted by Gasteiger charge is 2.08. The fourth-order valence-corrected chi connectivity index (χ4v) is 2.89. The topological polar surface area (TPSA) is 73.2 Å². The molecular weight excluding hydrogens is 397 g/mol. The number of ether oxygens (including phenoxy) is 1. The number of nitrogens with zero attached hydrogens (tertiary/aromatic N) is 2. The van der Waals surface area contributed by atoms with Crippen molar-refractivity contribution in [2.75, 3.05) is 12.4 Å². The number of hydrogen-bond donors (Lipinski definition) is 1. The molecule has 0 unspecified atom stereocenters. The van der Waals surface area contributed by atoms with Crippen LogP contribution in [0.2, 0.25) is 5.02 Å². The van der Waals surface area contributed by atoms with Gasteiger partial charge < -0.3 is 10.1 Å². The minimum Gasteiger partial charge on any atom is -0.497 e. The second-order valence-electron chi connectivity index (χ2n) is 6.29. The Labute approximate surface area is 171 Å². The van der Waals surface area contributed by atoms with Gasteiger partial charge in [0, 0.05) is 30.3 Å². The van der Waals surface area contributed by atoms with Crippen molar-refractivity contribution in [2.24, 2.45) is 0 Å². The smallest absolute Gasteiger partial charge is 0.266 e. The second-order valence-corrected chi connectivity index (χ2v) is 6.70. The maximum atomic E-state index is 13.2. The van der Waals surface area contributed by atoms with Gasteiger partial charge in [-0.15, -0.1) is 0 Å². The lowest BCUT2D eigenvalue weighted by molar-refractivity contribution is -0.116. The molecule has 0 aliphatic heterocycles. The van der Waals surface area contributed by atoms with E-state index in [1.54, 1.807) is 13.2 Å². The lowest BCUT2D eigenvalue weighted by atomic mass is 10.1. The molecule has 0 radical (unpaired) electrons. The summed E-state index contributed by atoms with van der Waals surface area (Å²) in [6.45, 7) is 0.292. The van der Waals surface area contributed by atoms with E-state index < -0.39 is 5.82 Å². The number of benzene rings is 2. The first-order valence-electron chi connectivity index (χ1n) is 8.94. The van der Waals surface area contributed by atoms with Gasteiger partial charge in [-0.05, 0) is 55.0 Å². The van der Waals surface area contributed by atoms with Gasteiger partial charge in [-0.25, -0.2) is 9.07 Å². The van der Waals surface area contributed by atoms with Gasteiger partial charge in [-0.1, -0.05) is 11.6 Å². The zero-order chi connectivity index (χ0) is 20.8. The molecule has 1 aromatic heterocycles. The second kappa shape index (κ2) is 9.34. The number of hydrogen-bond acceptors (Lipinski definition) is 4. The Morgan fingerprint density at radius 2 is 1.93 bits per heavy atom. The van der Waals surface area contributed by atoms with Gasteiger partial charge in [0.1, 0.15) is 11.6 Å². The number of carbonyl (C=O) groups is 1. The summed E-state index contributed by atoms with van der Waals surface area (Å²) in [6, 6.07) is 14.4. The SMILES string of the molecule is COc1ccc(-c2ccc(=O)n(CCCC(=O)Nc3ccc(F)c(Cl)c3)n2)cc1. The molecule has 0 saturated carbocycles. The minimum atomic E-state index is -0.549. The molecule has 2 aromatic carbocycles. The summed E-state index contributed by atoms with van der Waals surface area (Å²) in [5.74, 6) is -0.0746. The van der Waals surface area contributed by atoms with Gasteiger partial charge in [0.25, 0.3) is 5.56 Å². The number of anilines is 1. The van der Waals surface area contributed by atoms with Crippen LogP contribution < -0.4 is 15.6 Å². The number of halogens is 2. The molecule has 6 nitrogen and oxygen atoms in total. The zero-order valence-electron chi connectivity index (χ0n) is 15.7. The molecule has 0 bridgehead atoms. The van der Waals surface area contributed by atoms with Crippen molar-refractivity contribution in [2.45, 2.75) is 19.4 Å². The first kappa shape index (κ1) is 20.5. The predicted molar refractivity (Wildman–Crippen MR) is 110 cm³/mol. The van der Waals surface area contributed by atoms with Crippen LogP contribution in [0.15, 0.2) is 59.4 Å². The van der Waals surface area contributed by atoms with Crippen LogP contribution in [-0.4, -0.2) is 22.8 Å². The van der Waals surface area contributed by atoms with E-state index in [0.29, 0.717) is 24.3 Å². The molecule has 150 valence electrons. The number of methoxy groups -OCH3 is 1. The molecule has 29 heavy (non-hydrogen) atoms. The van der Waals surface area contributed by atoms with Crippen molar-refractivity contribution in [1.82, 2.24) is 9.78 Å². The van der Waals surface area contributed by atoms with Gasteiger partial charge in [-0.2, -0.15) is 5.10 Å². The van der Waals surface area contributed by atoms with E-state index in [-0.39, 0.29) is 22.9 Å². The molecule has 1 amide bonds. The van der Waals surface area contributed by atoms with E-state index in [0.717, 1.165) is 11.3 Å². The third-order valence-corrected chi connectivity index (χ3v) is 4.52. The molecule has 0 atom stereocenters.